The molecule has 0 aliphatic carbocycles. The average Bonchev–Trinajstić information content (AvgIpc) is 2.16. The topological polar surface area (TPSA) is 9.23 Å². The minimum atomic E-state index is 0.945. The van der Waals surface area contributed by atoms with Gasteiger partial charge in [0, 0.05) is 0 Å². The first-order valence-electron chi connectivity index (χ1n) is 4.07. The SMILES string of the molecule is CO/C(C)=C/Cc1ccccc1. The molecule has 0 saturated carbocycles. The van der Waals surface area contributed by atoms with E-state index in [1.54, 1.807) is 7.11 Å². The van der Waals surface area contributed by atoms with Gasteiger partial charge in [0.25, 0.3) is 0 Å². The zero-order chi connectivity index (χ0) is 8.81. The van der Waals surface area contributed by atoms with Gasteiger partial charge in [0.15, 0.2) is 0 Å². The first kappa shape index (κ1) is 8.85. The molecular formula is C11H14O. The van der Waals surface area contributed by atoms with Gasteiger partial charge in [-0.3, -0.25) is 0 Å². The Bertz CT molecular complexity index is 249. The standard InChI is InChI=1S/C11H14O/c1-10(12-2)8-9-11-6-4-3-5-7-11/h3-8H,9H2,1-2H3/b10-8+. The summed E-state index contributed by atoms with van der Waals surface area (Å²) in [6, 6.07) is 10.3. The van der Waals surface area contributed by atoms with Gasteiger partial charge in [0.05, 0.1) is 12.9 Å². The fourth-order valence-corrected chi connectivity index (χ4v) is 0.959. The summed E-state index contributed by atoms with van der Waals surface area (Å²) in [5, 5.41) is 0. The maximum Gasteiger partial charge on any atom is 0.0888 e. The van der Waals surface area contributed by atoms with Crippen LogP contribution in [0.15, 0.2) is 42.2 Å². The summed E-state index contributed by atoms with van der Waals surface area (Å²) in [4.78, 5) is 0. The van der Waals surface area contributed by atoms with Crippen molar-refractivity contribution >= 4 is 0 Å². The van der Waals surface area contributed by atoms with Gasteiger partial charge in [-0.1, -0.05) is 30.3 Å². The van der Waals surface area contributed by atoms with E-state index < -0.39 is 0 Å². The van der Waals surface area contributed by atoms with Crippen molar-refractivity contribution in [2.75, 3.05) is 7.11 Å². The van der Waals surface area contributed by atoms with E-state index in [0.717, 1.165) is 12.2 Å². The minimum Gasteiger partial charge on any atom is -0.502 e. The first-order valence-corrected chi connectivity index (χ1v) is 4.07. The summed E-state index contributed by atoms with van der Waals surface area (Å²) >= 11 is 0. The number of rotatable bonds is 3. The molecule has 64 valence electrons. The zero-order valence-electron chi connectivity index (χ0n) is 7.58. The predicted octanol–water partition coefficient (Wildman–Crippen LogP) is 2.78. The lowest BCUT2D eigenvalue weighted by molar-refractivity contribution is 0.292. The second-order valence-corrected chi connectivity index (χ2v) is 2.71. The third-order valence-electron chi connectivity index (χ3n) is 1.79. The van der Waals surface area contributed by atoms with Crippen molar-refractivity contribution in [3.8, 4) is 0 Å². The lowest BCUT2D eigenvalue weighted by Gasteiger charge is -1.98. The van der Waals surface area contributed by atoms with Crippen LogP contribution >= 0.6 is 0 Å². The molecule has 0 amide bonds. The summed E-state index contributed by atoms with van der Waals surface area (Å²) in [6.07, 6.45) is 3.02. The first-order chi connectivity index (χ1) is 5.83. The second kappa shape index (κ2) is 4.60. The third-order valence-corrected chi connectivity index (χ3v) is 1.79. The van der Waals surface area contributed by atoms with Gasteiger partial charge in [-0.2, -0.15) is 0 Å². The summed E-state index contributed by atoms with van der Waals surface area (Å²) in [7, 11) is 1.69. The normalized spacial score (nSPS) is 11.3. The van der Waals surface area contributed by atoms with Crippen molar-refractivity contribution in [3.63, 3.8) is 0 Å². The molecule has 1 rings (SSSR count). The highest BCUT2D eigenvalue weighted by Crippen LogP contribution is 2.02. The van der Waals surface area contributed by atoms with E-state index >= 15 is 0 Å². The Labute approximate surface area is 73.7 Å². The molecule has 0 fully saturated rings. The van der Waals surface area contributed by atoms with Crippen molar-refractivity contribution in [2.24, 2.45) is 0 Å². The highest BCUT2D eigenvalue weighted by molar-refractivity contribution is 5.17. The summed E-state index contributed by atoms with van der Waals surface area (Å²) in [5.41, 5.74) is 1.31. The molecule has 1 nitrogen and oxygen atoms in total. The van der Waals surface area contributed by atoms with E-state index in [0.29, 0.717) is 0 Å². The van der Waals surface area contributed by atoms with Crippen LogP contribution in [0.3, 0.4) is 0 Å². The summed E-state index contributed by atoms with van der Waals surface area (Å²) in [5.74, 6) is 0.971. The average molecular weight is 162 g/mol. The number of hydrogen-bond donors (Lipinski definition) is 0. The van der Waals surface area contributed by atoms with Gasteiger partial charge in [-0.05, 0) is 25.0 Å². The highest BCUT2D eigenvalue weighted by Gasteiger charge is 1.88. The van der Waals surface area contributed by atoms with Crippen LogP contribution in [0.1, 0.15) is 12.5 Å². The van der Waals surface area contributed by atoms with Gasteiger partial charge < -0.3 is 4.74 Å². The molecular weight excluding hydrogens is 148 g/mol. The van der Waals surface area contributed by atoms with Gasteiger partial charge in [0.2, 0.25) is 0 Å². The highest BCUT2D eigenvalue weighted by atomic mass is 16.5. The van der Waals surface area contributed by atoms with E-state index in [9.17, 15) is 0 Å². The van der Waals surface area contributed by atoms with Crippen molar-refractivity contribution in [2.45, 2.75) is 13.3 Å². The Morgan fingerprint density at radius 1 is 1.33 bits per heavy atom. The quantitative estimate of drug-likeness (QED) is 0.621. The van der Waals surface area contributed by atoms with Crippen molar-refractivity contribution in [1.82, 2.24) is 0 Å². The van der Waals surface area contributed by atoms with Crippen LogP contribution in [-0.4, -0.2) is 7.11 Å². The fraction of sp³-hybridized carbons (Fsp3) is 0.273. The maximum atomic E-state index is 5.03. The van der Waals surface area contributed by atoms with E-state index in [1.807, 2.05) is 25.1 Å². The van der Waals surface area contributed by atoms with Crippen molar-refractivity contribution < 1.29 is 4.74 Å². The number of benzene rings is 1. The van der Waals surface area contributed by atoms with Crippen LogP contribution in [0.5, 0.6) is 0 Å². The van der Waals surface area contributed by atoms with Gasteiger partial charge in [0.1, 0.15) is 0 Å². The van der Waals surface area contributed by atoms with Gasteiger partial charge >= 0.3 is 0 Å². The van der Waals surface area contributed by atoms with Crippen LogP contribution < -0.4 is 0 Å². The Morgan fingerprint density at radius 3 is 2.58 bits per heavy atom. The molecule has 0 aliphatic rings. The van der Waals surface area contributed by atoms with Crippen LogP contribution in [0.4, 0.5) is 0 Å². The van der Waals surface area contributed by atoms with E-state index in [4.69, 9.17) is 4.74 Å². The third kappa shape index (κ3) is 2.79. The van der Waals surface area contributed by atoms with Gasteiger partial charge in [-0.15, -0.1) is 0 Å². The number of hydrogen-bond acceptors (Lipinski definition) is 1. The van der Waals surface area contributed by atoms with Crippen molar-refractivity contribution in [3.05, 3.63) is 47.7 Å². The van der Waals surface area contributed by atoms with E-state index in [2.05, 4.69) is 18.2 Å². The Morgan fingerprint density at radius 2 is 2.00 bits per heavy atom. The smallest absolute Gasteiger partial charge is 0.0888 e. The molecule has 0 bridgehead atoms. The second-order valence-electron chi connectivity index (χ2n) is 2.71. The van der Waals surface area contributed by atoms with E-state index in [1.165, 1.54) is 5.56 Å². The number of ether oxygens (including phenoxy) is 1. The Hall–Kier alpha value is -1.24. The summed E-state index contributed by atoms with van der Waals surface area (Å²) < 4.78 is 5.03. The van der Waals surface area contributed by atoms with Crippen LogP contribution in [0.25, 0.3) is 0 Å². The monoisotopic (exact) mass is 162 g/mol. The molecule has 0 radical (unpaired) electrons. The predicted molar refractivity (Wildman–Crippen MR) is 50.9 cm³/mol. The lowest BCUT2D eigenvalue weighted by Crippen LogP contribution is -1.83. The summed E-state index contributed by atoms with van der Waals surface area (Å²) in [6.45, 7) is 1.96. The largest absolute Gasteiger partial charge is 0.502 e. The van der Waals surface area contributed by atoms with Crippen LogP contribution in [-0.2, 0) is 11.2 Å². The molecule has 0 unspecified atom stereocenters. The minimum absolute atomic E-state index is 0.945. The Balaban J connectivity index is 2.54. The molecule has 1 aromatic rings. The van der Waals surface area contributed by atoms with E-state index in [-0.39, 0.29) is 0 Å². The maximum absolute atomic E-state index is 5.03. The Kier molecular flexibility index (Phi) is 3.39. The fourth-order valence-electron chi connectivity index (χ4n) is 0.959. The molecule has 12 heavy (non-hydrogen) atoms. The molecule has 0 aromatic heterocycles. The zero-order valence-corrected chi connectivity index (χ0v) is 7.58. The number of methoxy groups -OCH3 is 1. The molecule has 0 atom stereocenters. The van der Waals surface area contributed by atoms with Crippen molar-refractivity contribution in [1.29, 1.82) is 0 Å². The number of allylic oxidation sites excluding steroid dienone is 2. The van der Waals surface area contributed by atoms with Crippen LogP contribution in [0, 0.1) is 0 Å². The molecule has 0 aliphatic heterocycles. The molecule has 0 saturated heterocycles. The van der Waals surface area contributed by atoms with Crippen LogP contribution in [0.2, 0.25) is 0 Å². The molecule has 1 heteroatoms. The lowest BCUT2D eigenvalue weighted by atomic mass is 10.1. The molecule has 0 N–H and O–H groups in total. The van der Waals surface area contributed by atoms with Gasteiger partial charge in [-0.25, -0.2) is 0 Å². The molecule has 0 heterocycles. The molecule has 0 spiro atoms. The molecule has 1 aromatic carbocycles.